The number of ether oxygens (including phenoxy) is 1. The summed E-state index contributed by atoms with van der Waals surface area (Å²) in [7, 11) is 0. The zero-order valence-electron chi connectivity index (χ0n) is 15.7. The Labute approximate surface area is 173 Å². The van der Waals surface area contributed by atoms with Crippen molar-refractivity contribution in [3.05, 3.63) is 82.0 Å². The molecule has 2 aromatic carbocycles. The number of carbonyl (C=O) groups excluding carboxylic acids is 2. The highest BCUT2D eigenvalue weighted by Crippen LogP contribution is 2.18. The van der Waals surface area contributed by atoms with Gasteiger partial charge in [-0.15, -0.1) is 17.8 Å². The molecule has 1 heterocycles. The largest absolute Gasteiger partial charge is 0.481 e. The molecule has 29 heavy (non-hydrogen) atoms. The number of benzene rings is 2. The summed E-state index contributed by atoms with van der Waals surface area (Å²) in [6.07, 6.45) is 5.84. The van der Waals surface area contributed by atoms with E-state index in [0.29, 0.717) is 34.8 Å². The molecule has 0 radical (unpaired) electrons. The van der Waals surface area contributed by atoms with Crippen molar-refractivity contribution in [2.45, 2.75) is 6.42 Å². The first-order chi connectivity index (χ1) is 14.2. The number of rotatable bonds is 8. The quantitative estimate of drug-likeness (QED) is 0.558. The summed E-state index contributed by atoms with van der Waals surface area (Å²) in [4.78, 5) is 25.5. The fourth-order valence-electron chi connectivity index (χ4n) is 2.67. The average Bonchev–Trinajstić information content (AvgIpc) is 3.28. The number of hydrogen-bond acceptors (Lipinski definition) is 4. The second-order valence-corrected chi connectivity index (χ2v) is 7.07. The number of terminal acetylenes is 1. The van der Waals surface area contributed by atoms with Gasteiger partial charge in [0.15, 0.2) is 0 Å². The molecule has 6 heteroatoms. The van der Waals surface area contributed by atoms with Crippen LogP contribution in [0.4, 0.5) is 5.69 Å². The van der Waals surface area contributed by atoms with Gasteiger partial charge in [-0.3, -0.25) is 9.59 Å². The first-order valence-electron chi connectivity index (χ1n) is 9.04. The second-order valence-electron chi connectivity index (χ2n) is 6.12. The van der Waals surface area contributed by atoms with Crippen LogP contribution in [0, 0.1) is 12.3 Å². The third-order valence-electron chi connectivity index (χ3n) is 4.11. The van der Waals surface area contributed by atoms with Crippen LogP contribution in [-0.2, 0) is 6.42 Å². The smallest absolute Gasteiger partial charge is 0.265 e. The molecular weight excluding hydrogens is 384 g/mol. The minimum absolute atomic E-state index is 0.229. The predicted molar refractivity (Wildman–Crippen MR) is 116 cm³/mol. The first-order valence-corrected chi connectivity index (χ1v) is 9.92. The van der Waals surface area contributed by atoms with Crippen molar-refractivity contribution < 1.29 is 14.3 Å². The fraction of sp³-hybridized carbons (Fsp3) is 0.130. The molecule has 0 unspecified atom stereocenters. The molecule has 1 aromatic heterocycles. The lowest BCUT2D eigenvalue weighted by Gasteiger charge is -2.11. The molecule has 0 aliphatic heterocycles. The van der Waals surface area contributed by atoms with Crippen molar-refractivity contribution in [3.63, 3.8) is 0 Å². The van der Waals surface area contributed by atoms with E-state index in [1.165, 1.54) is 11.3 Å². The lowest BCUT2D eigenvalue weighted by molar-refractivity contribution is 0.0955. The van der Waals surface area contributed by atoms with Crippen LogP contribution in [0.25, 0.3) is 0 Å². The number of para-hydroxylation sites is 1. The Morgan fingerprint density at radius 1 is 1.00 bits per heavy atom. The minimum Gasteiger partial charge on any atom is -0.481 e. The van der Waals surface area contributed by atoms with E-state index in [1.54, 1.807) is 30.3 Å². The van der Waals surface area contributed by atoms with Gasteiger partial charge in [-0.05, 0) is 47.7 Å². The third-order valence-corrected chi connectivity index (χ3v) is 4.98. The summed E-state index contributed by atoms with van der Waals surface area (Å²) in [5.41, 5.74) is 1.98. The molecule has 0 aliphatic rings. The van der Waals surface area contributed by atoms with Gasteiger partial charge in [0.05, 0.1) is 16.1 Å². The monoisotopic (exact) mass is 404 g/mol. The van der Waals surface area contributed by atoms with E-state index in [2.05, 4.69) is 16.6 Å². The van der Waals surface area contributed by atoms with Gasteiger partial charge in [0, 0.05) is 6.54 Å². The topological polar surface area (TPSA) is 67.4 Å². The Morgan fingerprint density at radius 2 is 1.79 bits per heavy atom. The standard InChI is InChI=1S/C23H20N2O3S/c1-2-15-28-18-11-9-17(10-12-18)13-14-24-22(26)19-6-3-4-7-20(19)25-23(27)21-8-5-16-29-21/h1,3-12,16H,13-15H2,(H,24,26)(H,25,27). The van der Waals surface area contributed by atoms with Gasteiger partial charge >= 0.3 is 0 Å². The van der Waals surface area contributed by atoms with Crippen LogP contribution in [0.15, 0.2) is 66.0 Å². The van der Waals surface area contributed by atoms with Crippen molar-refractivity contribution in [2.24, 2.45) is 0 Å². The molecule has 2 amide bonds. The van der Waals surface area contributed by atoms with Crippen molar-refractivity contribution in [1.29, 1.82) is 0 Å². The van der Waals surface area contributed by atoms with Gasteiger partial charge in [0.1, 0.15) is 12.4 Å². The van der Waals surface area contributed by atoms with E-state index in [-0.39, 0.29) is 18.4 Å². The normalized spacial score (nSPS) is 10.0. The second kappa shape index (κ2) is 10.1. The first kappa shape index (κ1) is 20.2. The summed E-state index contributed by atoms with van der Waals surface area (Å²) in [5.74, 6) is 2.67. The maximum atomic E-state index is 12.6. The lowest BCUT2D eigenvalue weighted by atomic mass is 10.1. The SMILES string of the molecule is C#CCOc1ccc(CCNC(=O)c2ccccc2NC(=O)c2cccs2)cc1. The van der Waals surface area contributed by atoms with E-state index >= 15 is 0 Å². The predicted octanol–water partition coefficient (Wildman–Crippen LogP) is 3.98. The molecule has 0 atom stereocenters. The van der Waals surface area contributed by atoms with E-state index in [0.717, 1.165) is 5.56 Å². The molecule has 0 bridgehead atoms. The highest BCUT2D eigenvalue weighted by atomic mass is 32.1. The minimum atomic E-state index is -0.235. The van der Waals surface area contributed by atoms with Crippen LogP contribution in [0.5, 0.6) is 5.75 Å². The van der Waals surface area contributed by atoms with Gasteiger partial charge in [-0.1, -0.05) is 36.3 Å². The number of thiophene rings is 1. The van der Waals surface area contributed by atoms with Crippen LogP contribution < -0.4 is 15.4 Å². The summed E-state index contributed by atoms with van der Waals surface area (Å²) in [6, 6.07) is 18.1. The third kappa shape index (κ3) is 5.71. The molecule has 0 aliphatic carbocycles. The van der Waals surface area contributed by atoms with Crippen molar-refractivity contribution in [3.8, 4) is 18.1 Å². The summed E-state index contributed by atoms with van der Waals surface area (Å²) in [6.45, 7) is 0.703. The van der Waals surface area contributed by atoms with Gasteiger partial charge < -0.3 is 15.4 Å². The van der Waals surface area contributed by atoms with Gasteiger partial charge in [-0.25, -0.2) is 0 Å². The molecule has 0 fully saturated rings. The summed E-state index contributed by atoms with van der Waals surface area (Å²) < 4.78 is 5.34. The molecule has 3 aromatic rings. The highest BCUT2D eigenvalue weighted by Gasteiger charge is 2.14. The number of anilines is 1. The van der Waals surface area contributed by atoms with Crippen molar-refractivity contribution in [2.75, 3.05) is 18.5 Å². The van der Waals surface area contributed by atoms with Crippen LogP contribution in [0.3, 0.4) is 0 Å². The zero-order valence-corrected chi connectivity index (χ0v) is 16.5. The highest BCUT2D eigenvalue weighted by molar-refractivity contribution is 7.12. The molecule has 146 valence electrons. The molecule has 0 saturated heterocycles. The van der Waals surface area contributed by atoms with Gasteiger partial charge in [-0.2, -0.15) is 0 Å². The number of hydrogen-bond donors (Lipinski definition) is 2. The Bertz CT molecular complexity index is 1010. The number of nitrogens with one attached hydrogen (secondary N) is 2. The Morgan fingerprint density at radius 3 is 2.52 bits per heavy atom. The van der Waals surface area contributed by atoms with Crippen molar-refractivity contribution in [1.82, 2.24) is 5.32 Å². The maximum absolute atomic E-state index is 12.6. The lowest BCUT2D eigenvalue weighted by Crippen LogP contribution is -2.27. The molecule has 0 spiro atoms. The molecule has 0 saturated carbocycles. The fourth-order valence-corrected chi connectivity index (χ4v) is 3.29. The van der Waals surface area contributed by atoms with Gasteiger partial charge in [0.2, 0.25) is 0 Å². The van der Waals surface area contributed by atoms with Crippen LogP contribution in [0.2, 0.25) is 0 Å². The molecule has 2 N–H and O–H groups in total. The van der Waals surface area contributed by atoms with Gasteiger partial charge in [0.25, 0.3) is 11.8 Å². The van der Waals surface area contributed by atoms with E-state index in [9.17, 15) is 9.59 Å². The summed E-state index contributed by atoms with van der Waals surface area (Å²) in [5, 5.41) is 7.54. The average molecular weight is 404 g/mol. The number of amides is 2. The van der Waals surface area contributed by atoms with Crippen molar-refractivity contribution >= 4 is 28.8 Å². The number of carbonyl (C=O) groups is 2. The Hall–Kier alpha value is -3.56. The van der Waals surface area contributed by atoms with Crippen LogP contribution >= 0.6 is 11.3 Å². The van der Waals surface area contributed by atoms with E-state index in [4.69, 9.17) is 11.2 Å². The Kier molecular flexibility index (Phi) is 7.04. The zero-order chi connectivity index (χ0) is 20.5. The van der Waals surface area contributed by atoms with Crippen LogP contribution in [0.1, 0.15) is 25.6 Å². The summed E-state index contributed by atoms with van der Waals surface area (Å²) >= 11 is 1.35. The molecule has 3 rings (SSSR count). The molecular formula is C23H20N2O3S. The molecule has 5 nitrogen and oxygen atoms in total. The van der Waals surface area contributed by atoms with E-state index < -0.39 is 0 Å². The Balaban J connectivity index is 1.56. The maximum Gasteiger partial charge on any atom is 0.265 e. The van der Waals surface area contributed by atoms with Crippen LogP contribution in [-0.4, -0.2) is 25.0 Å². The van der Waals surface area contributed by atoms with E-state index in [1.807, 2.05) is 35.7 Å².